The van der Waals surface area contributed by atoms with Crippen LogP contribution in [0.25, 0.3) is 0 Å². The van der Waals surface area contributed by atoms with Crippen LogP contribution < -0.4 is 10.1 Å². The fourth-order valence-corrected chi connectivity index (χ4v) is 3.64. The molecule has 0 aliphatic rings. The predicted molar refractivity (Wildman–Crippen MR) is 112 cm³/mol. The quantitative estimate of drug-likeness (QED) is 0.553. The second-order valence-electron chi connectivity index (χ2n) is 6.07. The topological polar surface area (TPSA) is 69.0 Å². The molecule has 0 fully saturated rings. The summed E-state index contributed by atoms with van der Waals surface area (Å²) in [5.74, 6) is 1.72. The molecule has 0 bridgehead atoms. The summed E-state index contributed by atoms with van der Waals surface area (Å²) < 4.78 is 7.60. The third-order valence-electron chi connectivity index (χ3n) is 4.11. The molecule has 1 heterocycles. The zero-order valence-electron chi connectivity index (χ0n) is 16.1. The maximum atomic E-state index is 12.4. The van der Waals surface area contributed by atoms with Gasteiger partial charge in [0.15, 0.2) is 5.16 Å². The number of carbonyl (C=O) groups is 1. The summed E-state index contributed by atoms with van der Waals surface area (Å²) in [5.41, 5.74) is 1.86. The second kappa shape index (κ2) is 9.94. The van der Waals surface area contributed by atoms with Gasteiger partial charge in [0.25, 0.3) is 0 Å². The van der Waals surface area contributed by atoms with Crippen LogP contribution in [0.3, 0.4) is 0 Å². The molecule has 0 aliphatic carbocycles. The van der Waals surface area contributed by atoms with E-state index in [0.717, 1.165) is 23.9 Å². The Kier molecular flexibility index (Phi) is 7.08. The molecule has 0 radical (unpaired) electrons. The van der Waals surface area contributed by atoms with E-state index < -0.39 is 0 Å². The Morgan fingerprint density at radius 1 is 1.07 bits per heavy atom. The van der Waals surface area contributed by atoms with E-state index in [-0.39, 0.29) is 11.7 Å². The monoisotopic (exact) mass is 396 g/mol. The number of para-hydroxylation sites is 2. The van der Waals surface area contributed by atoms with E-state index in [2.05, 4.69) is 39.1 Å². The molecule has 7 heteroatoms. The fourth-order valence-electron chi connectivity index (χ4n) is 2.82. The molecule has 0 saturated heterocycles. The van der Waals surface area contributed by atoms with Gasteiger partial charge in [0.1, 0.15) is 11.6 Å². The van der Waals surface area contributed by atoms with Gasteiger partial charge in [-0.25, -0.2) is 0 Å². The average Bonchev–Trinajstić information content (AvgIpc) is 3.10. The normalized spacial score (nSPS) is 10.6. The first-order chi connectivity index (χ1) is 13.7. The van der Waals surface area contributed by atoms with E-state index >= 15 is 0 Å². The number of nitrogens with one attached hydrogen (secondary N) is 1. The maximum absolute atomic E-state index is 12.4. The predicted octanol–water partition coefficient (Wildman–Crippen LogP) is 4.02. The molecule has 1 amide bonds. The van der Waals surface area contributed by atoms with Crippen molar-refractivity contribution < 1.29 is 9.53 Å². The summed E-state index contributed by atoms with van der Waals surface area (Å²) in [4.78, 5) is 12.4. The molecule has 2 aromatic carbocycles. The molecular formula is C21H24N4O2S. The lowest BCUT2D eigenvalue weighted by molar-refractivity contribution is -0.113. The molecule has 1 N–H and O–H groups in total. The number of benzene rings is 2. The lowest BCUT2D eigenvalue weighted by Crippen LogP contribution is -2.15. The highest BCUT2D eigenvalue weighted by atomic mass is 32.2. The van der Waals surface area contributed by atoms with Gasteiger partial charge in [-0.15, -0.1) is 10.2 Å². The van der Waals surface area contributed by atoms with E-state index in [0.29, 0.717) is 18.0 Å². The lowest BCUT2D eigenvalue weighted by Gasteiger charge is -2.11. The van der Waals surface area contributed by atoms with Crippen molar-refractivity contribution in [2.24, 2.45) is 0 Å². The van der Waals surface area contributed by atoms with Gasteiger partial charge in [-0.2, -0.15) is 0 Å². The number of carbonyl (C=O) groups excluding carboxylic acids is 1. The highest BCUT2D eigenvalue weighted by Crippen LogP contribution is 2.25. The number of hydrogen-bond donors (Lipinski definition) is 1. The molecular weight excluding hydrogens is 372 g/mol. The Morgan fingerprint density at radius 2 is 1.82 bits per heavy atom. The first kappa shape index (κ1) is 19.9. The van der Waals surface area contributed by atoms with Crippen molar-refractivity contribution in [1.29, 1.82) is 0 Å². The first-order valence-corrected chi connectivity index (χ1v) is 10.3. The second-order valence-corrected chi connectivity index (χ2v) is 7.01. The van der Waals surface area contributed by atoms with Crippen molar-refractivity contribution >= 4 is 23.4 Å². The van der Waals surface area contributed by atoms with E-state index in [4.69, 9.17) is 4.74 Å². The number of rotatable bonds is 9. The Labute approximate surface area is 169 Å². The van der Waals surface area contributed by atoms with Crippen molar-refractivity contribution in [2.45, 2.75) is 32.0 Å². The third-order valence-corrected chi connectivity index (χ3v) is 5.07. The van der Waals surface area contributed by atoms with Gasteiger partial charge in [0.2, 0.25) is 5.91 Å². The van der Waals surface area contributed by atoms with E-state index in [9.17, 15) is 4.79 Å². The Morgan fingerprint density at radius 3 is 2.57 bits per heavy atom. The van der Waals surface area contributed by atoms with Crippen LogP contribution in [0.5, 0.6) is 5.75 Å². The van der Waals surface area contributed by atoms with Crippen LogP contribution in [-0.4, -0.2) is 33.0 Å². The smallest absolute Gasteiger partial charge is 0.234 e. The highest BCUT2D eigenvalue weighted by Gasteiger charge is 2.14. The van der Waals surface area contributed by atoms with E-state index in [1.54, 1.807) is 0 Å². The van der Waals surface area contributed by atoms with Gasteiger partial charge in [0, 0.05) is 13.0 Å². The summed E-state index contributed by atoms with van der Waals surface area (Å²) >= 11 is 1.39. The van der Waals surface area contributed by atoms with E-state index in [1.807, 2.05) is 49.4 Å². The molecule has 0 unspecified atom stereocenters. The number of amides is 1. The van der Waals surface area contributed by atoms with Gasteiger partial charge in [-0.1, -0.05) is 54.2 Å². The molecule has 3 rings (SSSR count). The molecule has 6 nitrogen and oxygen atoms in total. The number of anilines is 1. The standard InChI is InChI=1S/C21H24N4O2S/c1-3-25-19(14-16-10-6-5-7-11-16)23-24-21(25)28-15-20(26)22-17-12-8-9-13-18(17)27-4-2/h5-13H,3-4,14-15H2,1-2H3,(H,22,26). The summed E-state index contributed by atoms with van der Waals surface area (Å²) in [6.45, 7) is 5.27. The van der Waals surface area contributed by atoms with Crippen LogP contribution in [0.2, 0.25) is 0 Å². The fraction of sp³-hybridized carbons (Fsp3) is 0.286. The van der Waals surface area contributed by atoms with Crippen LogP contribution in [0.4, 0.5) is 5.69 Å². The summed E-state index contributed by atoms with van der Waals surface area (Å²) in [5, 5.41) is 12.3. The number of nitrogens with zero attached hydrogens (tertiary/aromatic N) is 3. The SMILES string of the molecule is CCOc1ccccc1NC(=O)CSc1nnc(Cc2ccccc2)n1CC. The van der Waals surface area contributed by atoms with Crippen molar-refractivity contribution in [3.63, 3.8) is 0 Å². The molecule has 0 saturated carbocycles. The maximum Gasteiger partial charge on any atom is 0.234 e. The Balaban J connectivity index is 1.62. The van der Waals surface area contributed by atoms with Crippen molar-refractivity contribution in [3.8, 4) is 5.75 Å². The van der Waals surface area contributed by atoms with Crippen LogP contribution in [0.1, 0.15) is 25.2 Å². The van der Waals surface area contributed by atoms with Crippen LogP contribution in [0.15, 0.2) is 59.8 Å². The first-order valence-electron chi connectivity index (χ1n) is 9.31. The van der Waals surface area contributed by atoms with Gasteiger partial charge in [-0.3, -0.25) is 4.79 Å². The number of ether oxygens (including phenoxy) is 1. The molecule has 28 heavy (non-hydrogen) atoms. The Bertz CT molecular complexity index is 912. The van der Waals surface area contributed by atoms with Crippen molar-refractivity contribution in [1.82, 2.24) is 14.8 Å². The molecule has 0 atom stereocenters. The molecule has 3 aromatic rings. The molecule has 0 spiro atoms. The minimum Gasteiger partial charge on any atom is -0.492 e. The third kappa shape index (κ3) is 5.13. The van der Waals surface area contributed by atoms with Gasteiger partial charge in [0.05, 0.1) is 18.0 Å². The average molecular weight is 397 g/mol. The minimum absolute atomic E-state index is 0.104. The number of thioether (sulfide) groups is 1. The highest BCUT2D eigenvalue weighted by molar-refractivity contribution is 7.99. The zero-order valence-corrected chi connectivity index (χ0v) is 16.9. The minimum atomic E-state index is -0.104. The molecule has 146 valence electrons. The van der Waals surface area contributed by atoms with Gasteiger partial charge in [-0.05, 0) is 31.5 Å². The lowest BCUT2D eigenvalue weighted by atomic mass is 10.1. The van der Waals surface area contributed by atoms with Gasteiger partial charge >= 0.3 is 0 Å². The molecule has 1 aromatic heterocycles. The van der Waals surface area contributed by atoms with Gasteiger partial charge < -0.3 is 14.6 Å². The largest absolute Gasteiger partial charge is 0.492 e. The van der Waals surface area contributed by atoms with Crippen LogP contribution >= 0.6 is 11.8 Å². The summed E-state index contributed by atoms with van der Waals surface area (Å²) in [7, 11) is 0. The number of aromatic nitrogens is 3. The van der Waals surface area contributed by atoms with Crippen molar-refractivity contribution in [2.75, 3.05) is 17.7 Å². The van der Waals surface area contributed by atoms with Crippen molar-refractivity contribution in [3.05, 3.63) is 66.0 Å². The van der Waals surface area contributed by atoms with Crippen LogP contribution in [0, 0.1) is 0 Å². The van der Waals surface area contributed by atoms with E-state index in [1.165, 1.54) is 17.3 Å². The Hall–Kier alpha value is -2.80. The number of hydrogen-bond acceptors (Lipinski definition) is 5. The summed E-state index contributed by atoms with van der Waals surface area (Å²) in [6, 6.07) is 17.6. The zero-order chi connectivity index (χ0) is 19.8. The molecule has 0 aliphatic heterocycles. The summed E-state index contributed by atoms with van der Waals surface area (Å²) in [6.07, 6.45) is 0.718. The van der Waals surface area contributed by atoms with Crippen LogP contribution in [-0.2, 0) is 17.8 Å².